The van der Waals surface area contributed by atoms with Crippen LogP contribution >= 0.6 is 11.6 Å². The van der Waals surface area contributed by atoms with Crippen LogP contribution in [-0.4, -0.2) is 29.1 Å². The normalized spacial score (nSPS) is 24.6. The molecule has 1 N–H and O–H groups in total. The summed E-state index contributed by atoms with van der Waals surface area (Å²) in [6.07, 6.45) is 5.08. The van der Waals surface area contributed by atoms with Crippen LogP contribution in [0, 0.1) is 5.82 Å². The summed E-state index contributed by atoms with van der Waals surface area (Å²) < 4.78 is 14.1. The second kappa shape index (κ2) is 5.53. The Bertz CT molecular complexity index is 524. The van der Waals surface area contributed by atoms with Crippen molar-refractivity contribution in [2.75, 3.05) is 13.1 Å². The summed E-state index contributed by atoms with van der Waals surface area (Å²) in [4.78, 5) is 2.43. The number of halogens is 2. The fourth-order valence-electron chi connectivity index (χ4n) is 3.66. The van der Waals surface area contributed by atoms with Crippen LogP contribution in [0.3, 0.4) is 0 Å². The first-order valence-electron chi connectivity index (χ1n) is 7.84. The zero-order valence-electron chi connectivity index (χ0n) is 12.9. The lowest BCUT2D eigenvalue weighted by Crippen LogP contribution is -2.66. The Morgan fingerprint density at radius 1 is 1.29 bits per heavy atom. The second-order valence-electron chi connectivity index (χ2n) is 7.25. The van der Waals surface area contributed by atoms with Crippen LogP contribution in [0.15, 0.2) is 18.2 Å². The maximum absolute atomic E-state index is 14.1. The van der Waals surface area contributed by atoms with E-state index < -0.39 is 0 Å². The average Bonchev–Trinajstić information content (AvgIpc) is 2.86. The quantitative estimate of drug-likeness (QED) is 0.889. The third-order valence-electron chi connectivity index (χ3n) is 5.18. The van der Waals surface area contributed by atoms with Gasteiger partial charge in [0.1, 0.15) is 5.82 Å². The van der Waals surface area contributed by atoms with Crippen molar-refractivity contribution < 1.29 is 4.39 Å². The molecule has 1 aromatic carbocycles. The van der Waals surface area contributed by atoms with Crippen molar-refractivity contribution in [3.05, 3.63) is 34.6 Å². The van der Waals surface area contributed by atoms with Gasteiger partial charge in [-0.05, 0) is 38.8 Å². The van der Waals surface area contributed by atoms with Gasteiger partial charge in [0.2, 0.25) is 0 Å². The van der Waals surface area contributed by atoms with E-state index in [1.807, 2.05) is 6.07 Å². The van der Waals surface area contributed by atoms with Crippen molar-refractivity contribution in [3.8, 4) is 0 Å². The molecule has 2 fully saturated rings. The fourth-order valence-corrected chi connectivity index (χ4v) is 3.82. The Morgan fingerprint density at radius 2 is 2.00 bits per heavy atom. The Labute approximate surface area is 131 Å². The molecule has 1 aliphatic heterocycles. The minimum atomic E-state index is -0.197. The Morgan fingerprint density at radius 3 is 2.67 bits per heavy atom. The molecule has 1 aliphatic carbocycles. The summed E-state index contributed by atoms with van der Waals surface area (Å²) >= 11 is 5.85. The van der Waals surface area contributed by atoms with E-state index >= 15 is 0 Å². The van der Waals surface area contributed by atoms with E-state index in [2.05, 4.69) is 24.1 Å². The maximum Gasteiger partial charge on any atom is 0.129 e. The van der Waals surface area contributed by atoms with Crippen molar-refractivity contribution in [3.63, 3.8) is 0 Å². The van der Waals surface area contributed by atoms with Gasteiger partial charge in [0, 0.05) is 41.3 Å². The van der Waals surface area contributed by atoms with E-state index in [1.165, 1.54) is 31.7 Å². The predicted octanol–water partition coefficient (Wildman–Crippen LogP) is 3.98. The lowest BCUT2D eigenvalue weighted by Gasteiger charge is -2.51. The second-order valence-corrected chi connectivity index (χ2v) is 7.68. The molecular weight excluding hydrogens is 287 g/mol. The van der Waals surface area contributed by atoms with Gasteiger partial charge in [-0.2, -0.15) is 0 Å². The van der Waals surface area contributed by atoms with E-state index in [1.54, 1.807) is 6.07 Å². The zero-order valence-corrected chi connectivity index (χ0v) is 13.6. The van der Waals surface area contributed by atoms with E-state index in [-0.39, 0.29) is 16.9 Å². The van der Waals surface area contributed by atoms with Gasteiger partial charge >= 0.3 is 0 Å². The molecule has 0 bridgehead atoms. The van der Waals surface area contributed by atoms with Crippen molar-refractivity contribution in [1.29, 1.82) is 0 Å². The molecular formula is C17H24ClFN2. The number of benzene rings is 1. The van der Waals surface area contributed by atoms with E-state index in [4.69, 9.17) is 11.6 Å². The van der Waals surface area contributed by atoms with Crippen molar-refractivity contribution in [2.45, 2.75) is 57.2 Å². The van der Waals surface area contributed by atoms with E-state index in [9.17, 15) is 4.39 Å². The van der Waals surface area contributed by atoms with Gasteiger partial charge in [0.25, 0.3) is 0 Å². The van der Waals surface area contributed by atoms with Crippen LogP contribution in [-0.2, 0) is 6.54 Å². The largest absolute Gasteiger partial charge is 0.308 e. The van der Waals surface area contributed by atoms with Crippen LogP contribution < -0.4 is 5.32 Å². The number of rotatable bonds is 2. The Hall–Kier alpha value is -0.640. The number of hydrogen-bond acceptors (Lipinski definition) is 2. The van der Waals surface area contributed by atoms with Crippen LogP contribution in [0.2, 0.25) is 5.02 Å². The maximum atomic E-state index is 14.1. The van der Waals surface area contributed by atoms with Gasteiger partial charge in [-0.25, -0.2) is 4.39 Å². The van der Waals surface area contributed by atoms with Crippen molar-refractivity contribution >= 4 is 11.6 Å². The Kier molecular flexibility index (Phi) is 4.02. The standard InChI is InChI=1S/C17H24ClFN2/c1-16(2)11-20-17(7-3-4-8-17)12-21(16)10-13-5-6-14(18)9-15(13)19/h5-6,9,20H,3-4,7-8,10-12H2,1-2H3. The summed E-state index contributed by atoms with van der Waals surface area (Å²) in [5.41, 5.74) is 1.03. The van der Waals surface area contributed by atoms with E-state index in [0.29, 0.717) is 11.6 Å². The van der Waals surface area contributed by atoms with Crippen molar-refractivity contribution in [1.82, 2.24) is 10.2 Å². The van der Waals surface area contributed by atoms with Crippen LogP contribution in [0.5, 0.6) is 0 Å². The lowest BCUT2D eigenvalue weighted by molar-refractivity contribution is 0.0210. The molecule has 21 heavy (non-hydrogen) atoms. The molecule has 1 saturated carbocycles. The molecule has 4 heteroatoms. The van der Waals surface area contributed by atoms with Gasteiger partial charge < -0.3 is 5.32 Å². The molecule has 116 valence electrons. The number of nitrogens with one attached hydrogen (secondary N) is 1. The van der Waals surface area contributed by atoms with Crippen LogP contribution in [0.4, 0.5) is 4.39 Å². The molecule has 3 rings (SSSR count). The lowest BCUT2D eigenvalue weighted by atomic mass is 9.87. The highest BCUT2D eigenvalue weighted by atomic mass is 35.5. The third kappa shape index (κ3) is 3.10. The topological polar surface area (TPSA) is 15.3 Å². The number of hydrogen-bond donors (Lipinski definition) is 1. The van der Waals surface area contributed by atoms with Gasteiger partial charge in [0.15, 0.2) is 0 Å². The average molecular weight is 311 g/mol. The molecule has 1 spiro atoms. The monoisotopic (exact) mass is 310 g/mol. The molecule has 0 unspecified atom stereocenters. The third-order valence-corrected chi connectivity index (χ3v) is 5.42. The predicted molar refractivity (Wildman–Crippen MR) is 85.1 cm³/mol. The minimum absolute atomic E-state index is 0.0416. The molecule has 2 nitrogen and oxygen atoms in total. The summed E-state index contributed by atoms with van der Waals surface area (Å²) in [6, 6.07) is 5.01. The molecule has 1 heterocycles. The summed E-state index contributed by atoms with van der Waals surface area (Å²) in [7, 11) is 0. The SMILES string of the molecule is CC1(C)CNC2(CCCC2)CN1Cc1ccc(Cl)cc1F. The first-order valence-corrected chi connectivity index (χ1v) is 8.22. The molecule has 0 aromatic heterocycles. The molecule has 0 radical (unpaired) electrons. The summed E-state index contributed by atoms with van der Waals surface area (Å²) in [5.74, 6) is -0.197. The molecule has 1 saturated heterocycles. The summed E-state index contributed by atoms with van der Waals surface area (Å²) in [6.45, 7) is 7.08. The first kappa shape index (κ1) is 15.3. The molecule has 0 atom stereocenters. The highest BCUT2D eigenvalue weighted by Crippen LogP contribution is 2.36. The number of piperazine rings is 1. The first-order chi connectivity index (χ1) is 9.90. The van der Waals surface area contributed by atoms with Gasteiger partial charge in [-0.1, -0.05) is 30.5 Å². The summed E-state index contributed by atoms with van der Waals surface area (Å²) in [5, 5.41) is 4.23. The van der Waals surface area contributed by atoms with Crippen LogP contribution in [0.25, 0.3) is 0 Å². The zero-order chi connectivity index (χ0) is 15.1. The fraction of sp³-hybridized carbons (Fsp3) is 0.647. The highest BCUT2D eigenvalue weighted by Gasteiger charge is 2.44. The van der Waals surface area contributed by atoms with Crippen LogP contribution in [0.1, 0.15) is 45.1 Å². The molecule has 2 aliphatic rings. The van der Waals surface area contributed by atoms with E-state index in [0.717, 1.165) is 18.7 Å². The highest BCUT2D eigenvalue weighted by molar-refractivity contribution is 6.30. The number of nitrogens with zero attached hydrogens (tertiary/aromatic N) is 1. The smallest absolute Gasteiger partial charge is 0.129 e. The Balaban J connectivity index is 1.80. The van der Waals surface area contributed by atoms with Gasteiger partial charge in [-0.15, -0.1) is 0 Å². The molecule has 1 aromatic rings. The minimum Gasteiger partial charge on any atom is -0.308 e. The molecule has 0 amide bonds. The van der Waals surface area contributed by atoms with Crippen molar-refractivity contribution in [2.24, 2.45) is 0 Å². The van der Waals surface area contributed by atoms with Gasteiger partial charge in [0.05, 0.1) is 0 Å². The van der Waals surface area contributed by atoms with Gasteiger partial charge in [-0.3, -0.25) is 4.90 Å².